The standard InChI is InChI=1S/C68H129NO5/c1-3-5-7-9-11-13-14-15-35-39-42-46-50-54-58-62-68(73)74-63-59-55-51-47-43-40-37-34-32-30-28-26-24-22-20-18-16-17-19-21-23-25-27-29-31-33-36-38-41-45-49-53-57-61-67(72)69-65(64-70)66(71)60-56-52-48-44-12-10-8-6-4-2/h15,20,22,35,56,60,65-66,70-71H,3-14,16-19,21,23-34,36-55,57-59,61-64H2,1-2H3,(H,69,72)/b22-20-,35-15-,60-56+. The molecule has 2 atom stereocenters. The largest absolute Gasteiger partial charge is 0.466 e. The van der Waals surface area contributed by atoms with Crippen LogP contribution in [-0.4, -0.2) is 47.4 Å². The number of carbonyl (C=O) groups is 2. The Kier molecular flexibility index (Phi) is 62.0. The van der Waals surface area contributed by atoms with Crippen LogP contribution in [0.4, 0.5) is 0 Å². The van der Waals surface area contributed by atoms with Gasteiger partial charge in [0.25, 0.3) is 0 Å². The van der Waals surface area contributed by atoms with E-state index in [4.69, 9.17) is 4.74 Å². The maximum Gasteiger partial charge on any atom is 0.305 e. The van der Waals surface area contributed by atoms with Crippen molar-refractivity contribution in [2.45, 2.75) is 373 Å². The van der Waals surface area contributed by atoms with E-state index in [1.54, 1.807) is 6.08 Å². The zero-order valence-corrected chi connectivity index (χ0v) is 49.8. The van der Waals surface area contributed by atoms with E-state index < -0.39 is 12.1 Å². The van der Waals surface area contributed by atoms with Crippen molar-refractivity contribution in [3.8, 4) is 0 Å². The maximum absolute atomic E-state index is 12.4. The molecule has 2 unspecified atom stereocenters. The zero-order chi connectivity index (χ0) is 53.6. The summed E-state index contributed by atoms with van der Waals surface area (Å²) >= 11 is 0. The van der Waals surface area contributed by atoms with Crippen LogP contribution in [0.1, 0.15) is 361 Å². The quantitative estimate of drug-likeness (QED) is 0.0320. The van der Waals surface area contributed by atoms with Crippen molar-refractivity contribution in [1.82, 2.24) is 5.32 Å². The Hall–Kier alpha value is -1.92. The highest BCUT2D eigenvalue weighted by atomic mass is 16.5. The van der Waals surface area contributed by atoms with Crippen molar-refractivity contribution >= 4 is 11.9 Å². The third-order valence-electron chi connectivity index (χ3n) is 15.4. The van der Waals surface area contributed by atoms with Crippen LogP contribution in [0.5, 0.6) is 0 Å². The normalized spacial score (nSPS) is 12.8. The molecule has 0 aliphatic heterocycles. The third-order valence-corrected chi connectivity index (χ3v) is 15.4. The number of hydrogen-bond donors (Lipinski definition) is 3. The lowest BCUT2D eigenvalue weighted by atomic mass is 10.0. The SMILES string of the molecule is CCCCCCCC/C=C\CCCCCCCC(=O)OCCCCCCCCCCCCCC/C=C\CCCCCCCCCCCCCCCCCCCC(=O)NC(CO)C(O)/C=C/CCCCCCCCC. The van der Waals surface area contributed by atoms with Crippen LogP contribution in [0, 0.1) is 0 Å². The van der Waals surface area contributed by atoms with Gasteiger partial charge in [-0.05, 0) is 83.5 Å². The topological polar surface area (TPSA) is 95.9 Å². The van der Waals surface area contributed by atoms with Gasteiger partial charge in [-0.15, -0.1) is 0 Å². The molecule has 3 N–H and O–H groups in total. The van der Waals surface area contributed by atoms with Gasteiger partial charge >= 0.3 is 5.97 Å². The predicted octanol–water partition coefficient (Wildman–Crippen LogP) is 21.1. The Morgan fingerprint density at radius 1 is 0.365 bits per heavy atom. The van der Waals surface area contributed by atoms with Crippen LogP contribution in [0.2, 0.25) is 0 Å². The minimum atomic E-state index is -0.840. The summed E-state index contributed by atoms with van der Waals surface area (Å²) in [6, 6.07) is -0.623. The monoisotopic (exact) mass is 1040 g/mol. The van der Waals surface area contributed by atoms with Gasteiger partial charge in [-0.1, -0.05) is 301 Å². The van der Waals surface area contributed by atoms with Crippen LogP contribution in [-0.2, 0) is 14.3 Å². The summed E-state index contributed by atoms with van der Waals surface area (Å²) in [5.41, 5.74) is 0. The van der Waals surface area contributed by atoms with E-state index >= 15 is 0 Å². The Morgan fingerprint density at radius 2 is 0.635 bits per heavy atom. The number of allylic oxidation sites excluding steroid dienone is 5. The predicted molar refractivity (Wildman–Crippen MR) is 324 cm³/mol. The number of unbranched alkanes of at least 4 members (excludes halogenated alkanes) is 47. The van der Waals surface area contributed by atoms with E-state index in [1.165, 1.54) is 289 Å². The van der Waals surface area contributed by atoms with Gasteiger partial charge in [-0.3, -0.25) is 9.59 Å². The molecule has 1 amide bonds. The average molecular weight is 1040 g/mol. The van der Waals surface area contributed by atoms with E-state index in [9.17, 15) is 19.8 Å². The number of hydrogen-bond acceptors (Lipinski definition) is 5. The highest BCUT2D eigenvalue weighted by Gasteiger charge is 2.18. The maximum atomic E-state index is 12.4. The summed E-state index contributed by atoms with van der Waals surface area (Å²) in [4.78, 5) is 24.5. The van der Waals surface area contributed by atoms with Crippen LogP contribution < -0.4 is 5.32 Å². The summed E-state index contributed by atoms with van der Waals surface area (Å²) in [6.45, 7) is 4.88. The molecule has 0 saturated heterocycles. The first-order valence-electron chi connectivity index (χ1n) is 33.3. The molecule has 74 heavy (non-hydrogen) atoms. The number of rotatable bonds is 62. The van der Waals surface area contributed by atoms with Crippen molar-refractivity contribution in [2.75, 3.05) is 13.2 Å². The second-order valence-corrected chi connectivity index (χ2v) is 22.8. The van der Waals surface area contributed by atoms with Crippen molar-refractivity contribution < 1.29 is 24.5 Å². The molecule has 6 heteroatoms. The van der Waals surface area contributed by atoms with Gasteiger partial charge in [0.1, 0.15) is 0 Å². The molecule has 6 nitrogen and oxygen atoms in total. The van der Waals surface area contributed by atoms with Gasteiger partial charge < -0.3 is 20.3 Å². The Morgan fingerprint density at radius 3 is 0.959 bits per heavy atom. The molecule has 0 aliphatic rings. The van der Waals surface area contributed by atoms with E-state index in [1.807, 2.05) is 6.08 Å². The Balaban J connectivity index is 3.33. The number of aliphatic hydroxyl groups is 2. The van der Waals surface area contributed by atoms with Gasteiger partial charge in [0.2, 0.25) is 5.91 Å². The molecular formula is C68H129NO5. The van der Waals surface area contributed by atoms with Crippen molar-refractivity contribution in [1.29, 1.82) is 0 Å². The fourth-order valence-corrected chi connectivity index (χ4v) is 10.3. The number of amides is 1. The van der Waals surface area contributed by atoms with E-state index in [0.717, 1.165) is 44.9 Å². The van der Waals surface area contributed by atoms with Crippen LogP contribution in [0.15, 0.2) is 36.5 Å². The van der Waals surface area contributed by atoms with Crippen LogP contribution >= 0.6 is 0 Å². The molecule has 0 bridgehead atoms. The Labute approximate surface area is 462 Å². The van der Waals surface area contributed by atoms with E-state index in [-0.39, 0.29) is 18.5 Å². The summed E-state index contributed by atoms with van der Waals surface area (Å²) in [6.07, 6.45) is 80.9. The van der Waals surface area contributed by atoms with Crippen LogP contribution in [0.3, 0.4) is 0 Å². The summed E-state index contributed by atoms with van der Waals surface area (Å²) in [7, 11) is 0. The number of aliphatic hydroxyl groups excluding tert-OH is 2. The number of carbonyl (C=O) groups excluding carboxylic acids is 2. The Bertz CT molecular complexity index is 1200. The zero-order valence-electron chi connectivity index (χ0n) is 49.8. The van der Waals surface area contributed by atoms with Crippen LogP contribution in [0.25, 0.3) is 0 Å². The molecule has 0 fully saturated rings. The number of esters is 1. The van der Waals surface area contributed by atoms with Crippen molar-refractivity contribution in [3.05, 3.63) is 36.5 Å². The van der Waals surface area contributed by atoms with Gasteiger partial charge in [0.05, 0.1) is 25.4 Å². The third kappa shape index (κ3) is 59.3. The van der Waals surface area contributed by atoms with Gasteiger partial charge in [0.15, 0.2) is 0 Å². The van der Waals surface area contributed by atoms with E-state index in [2.05, 4.69) is 43.5 Å². The second kappa shape index (κ2) is 63.6. The van der Waals surface area contributed by atoms with Gasteiger partial charge in [-0.2, -0.15) is 0 Å². The molecule has 0 heterocycles. The fourth-order valence-electron chi connectivity index (χ4n) is 10.3. The smallest absolute Gasteiger partial charge is 0.305 e. The minimum Gasteiger partial charge on any atom is -0.466 e. The first-order valence-corrected chi connectivity index (χ1v) is 33.3. The first-order chi connectivity index (χ1) is 36.5. The van der Waals surface area contributed by atoms with Crippen molar-refractivity contribution in [2.24, 2.45) is 0 Å². The molecule has 436 valence electrons. The highest BCUT2D eigenvalue weighted by molar-refractivity contribution is 5.76. The number of nitrogens with one attached hydrogen (secondary N) is 1. The lowest BCUT2D eigenvalue weighted by molar-refractivity contribution is -0.143. The summed E-state index contributed by atoms with van der Waals surface area (Å²) < 4.78 is 5.49. The minimum absolute atomic E-state index is 0.0105. The summed E-state index contributed by atoms with van der Waals surface area (Å²) in [5.74, 6) is -0.0562. The van der Waals surface area contributed by atoms with Gasteiger partial charge in [-0.25, -0.2) is 0 Å². The molecule has 0 rings (SSSR count). The average Bonchev–Trinajstić information content (AvgIpc) is 3.40. The fraction of sp³-hybridized carbons (Fsp3) is 0.882. The molecule has 0 radical (unpaired) electrons. The van der Waals surface area contributed by atoms with E-state index in [0.29, 0.717) is 19.4 Å². The summed E-state index contributed by atoms with van der Waals surface area (Å²) in [5, 5.41) is 23.0. The molecular weight excluding hydrogens is 911 g/mol. The molecule has 0 aromatic heterocycles. The van der Waals surface area contributed by atoms with Crippen molar-refractivity contribution in [3.63, 3.8) is 0 Å². The molecule has 0 saturated carbocycles. The lowest BCUT2D eigenvalue weighted by Crippen LogP contribution is -2.45. The lowest BCUT2D eigenvalue weighted by Gasteiger charge is -2.20. The first kappa shape index (κ1) is 72.1. The van der Waals surface area contributed by atoms with Gasteiger partial charge in [0, 0.05) is 12.8 Å². The highest BCUT2D eigenvalue weighted by Crippen LogP contribution is 2.18. The molecule has 0 spiro atoms. The molecule has 0 aromatic carbocycles. The second-order valence-electron chi connectivity index (χ2n) is 22.8. The molecule has 0 aliphatic carbocycles. The molecule has 0 aromatic rings. The number of ether oxygens (including phenoxy) is 1.